The van der Waals surface area contributed by atoms with Gasteiger partial charge in [-0.2, -0.15) is 0 Å². The Hall–Kier alpha value is -0.910. The van der Waals surface area contributed by atoms with Gasteiger partial charge >= 0.3 is 0 Å². The van der Waals surface area contributed by atoms with Gasteiger partial charge < -0.3 is 5.32 Å². The molecule has 0 heterocycles. The van der Waals surface area contributed by atoms with Crippen molar-refractivity contribution in [3.05, 3.63) is 29.8 Å². The summed E-state index contributed by atoms with van der Waals surface area (Å²) in [5, 5.41) is 3.42. The van der Waals surface area contributed by atoms with Crippen LogP contribution < -0.4 is 5.32 Å². The van der Waals surface area contributed by atoms with E-state index in [0.717, 1.165) is 12.1 Å². The van der Waals surface area contributed by atoms with Gasteiger partial charge in [0, 0.05) is 26.1 Å². The van der Waals surface area contributed by atoms with Gasteiger partial charge in [0.2, 0.25) is 10.0 Å². The normalized spacial score (nSPS) is 15.4. The van der Waals surface area contributed by atoms with Crippen LogP contribution in [-0.4, -0.2) is 39.4 Å². The van der Waals surface area contributed by atoms with E-state index in [-0.39, 0.29) is 12.0 Å². The molecule has 0 radical (unpaired) electrons. The predicted molar refractivity (Wildman–Crippen MR) is 88.0 cm³/mol. The first kappa shape index (κ1) is 18.1. The predicted octanol–water partition coefficient (Wildman–Crippen LogP) is 2.67. The highest BCUT2D eigenvalue weighted by Crippen LogP contribution is 2.33. The van der Waals surface area contributed by atoms with Gasteiger partial charge in [0.05, 0.1) is 4.90 Å². The van der Waals surface area contributed by atoms with Crippen LogP contribution in [-0.2, 0) is 10.0 Å². The van der Waals surface area contributed by atoms with Gasteiger partial charge in [-0.15, -0.1) is 0 Å². The molecule has 0 aliphatic heterocycles. The lowest BCUT2D eigenvalue weighted by Crippen LogP contribution is -2.36. The molecule has 5 heteroatoms. The molecule has 0 fully saturated rings. The third-order valence-corrected chi connectivity index (χ3v) is 5.71. The van der Waals surface area contributed by atoms with Crippen LogP contribution in [0.15, 0.2) is 29.2 Å². The number of benzene rings is 1. The molecule has 4 nitrogen and oxygen atoms in total. The molecule has 0 saturated heterocycles. The van der Waals surface area contributed by atoms with Crippen molar-refractivity contribution in [1.82, 2.24) is 9.62 Å². The second-order valence-corrected chi connectivity index (χ2v) is 8.06. The Morgan fingerprint density at radius 1 is 1.14 bits per heavy atom. The van der Waals surface area contributed by atoms with Crippen molar-refractivity contribution in [2.75, 3.05) is 20.6 Å². The first-order valence-electron chi connectivity index (χ1n) is 7.48. The Morgan fingerprint density at radius 3 is 2.19 bits per heavy atom. The molecule has 0 aliphatic rings. The summed E-state index contributed by atoms with van der Waals surface area (Å²) in [6.45, 7) is 9.33. The van der Waals surface area contributed by atoms with E-state index in [1.165, 1.54) is 4.31 Å². The fourth-order valence-corrected chi connectivity index (χ4v) is 3.99. The minimum Gasteiger partial charge on any atom is -0.314 e. The van der Waals surface area contributed by atoms with Crippen LogP contribution in [0.3, 0.4) is 0 Å². The summed E-state index contributed by atoms with van der Waals surface area (Å²) in [7, 11) is -0.282. The molecule has 2 atom stereocenters. The number of rotatable bonds is 7. The molecule has 1 N–H and O–H groups in total. The fraction of sp³-hybridized carbons (Fsp3) is 0.625. The van der Waals surface area contributed by atoms with Crippen molar-refractivity contribution in [2.45, 2.75) is 44.6 Å². The average Bonchev–Trinajstić information content (AvgIpc) is 2.39. The molecular weight excluding hydrogens is 284 g/mol. The largest absolute Gasteiger partial charge is 0.314 e. The monoisotopic (exact) mass is 312 g/mol. The van der Waals surface area contributed by atoms with Gasteiger partial charge in [0.25, 0.3) is 0 Å². The lowest BCUT2D eigenvalue weighted by molar-refractivity contribution is 0.377. The molecule has 0 spiro atoms. The zero-order valence-corrected chi connectivity index (χ0v) is 14.7. The Morgan fingerprint density at radius 2 is 1.71 bits per heavy atom. The second kappa shape index (κ2) is 7.38. The van der Waals surface area contributed by atoms with Crippen LogP contribution in [0.4, 0.5) is 0 Å². The third kappa shape index (κ3) is 4.05. The molecule has 2 unspecified atom stereocenters. The number of hydrogen-bond acceptors (Lipinski definition) is 3. The quantitative estimate of drug-likeness (QED) is 0.842. The van der Waals surface area contributed by atoms with Gasteiger partial charge in [-0.05, 0) is 31.0 Å². The molecule has 0 saturated carbocycles. The van der Waals surface area contributed by atoms with Gasteiger partial charge in [-0.25, -0.2) is 12.7 Å². The Bertz CT molecular complexity index is 553. The van der Waals surface area contributed by atoms with E-state index in [9.17, 15) is 8.42 Å². The highest BCUT2D eigenvalue weighted by atomic mass is 32.2. The summed E-state index contributed by atoms with van der Waals surface area (Å²) < 4.78 is 26.4. The van der Waals surface area contributed by atoms with Crippen LogP contribution >= 0.6 is 0 Å². The molecule has 120 valence electrons. The fourth-order valence-electron chi connectivity index (χ4n) is 2.84. The average molecular weight is 312 g/mol. The smallest absolute Gasteiger partial charge is 0.242 e. The van der Waals surface area contributed by atoms with E-state index in [4.69, 9.17) is 0 Å². The first-order chi connectivity index (χ1) is 9.73. The molecule has 1 rings (SSSR count). The summed E-state index contributed by atoms with van der Waals surface area (Å²) in [5.74, 6) is 0.494. The number of nitrogens with one attached hydrogen (secondary N) is 1. The maximum Gasteiger partial charge on any atom is 0.242 e. The first-order valence-corrected chi connectivity index (χ1v) is 8.92. The molecule has 0 bridgehead atoms. The van der Waals surface area contributed by atoms with E-state index in [0.29, 0.717) is 10.8 Å². The van der Waals surface area contributed by atoms with E-state index < -0.39 is 10.0 Å². The van der Waals surface area contributed by atoms with E-state index in [2.05, 4.69) is 33.0 Å². The van der Waals surface area contributed by atoms with Gasteiger partial charge in [0.15, 0.2) is 0 Å². The molecule has 0 aromatic heterocycles. The van der Waals surface area contributed by atoms with Crippen LogP contribution in [0.1, 0.15) is 39.2 Å². The number of likely N-dealkylation sites (N-methyl/N-ethyl adjacent to an activating group) is 1. The highest BCUT2D eigenvalue weighted by Gasteiger charge is 2.29. The summed E-state index contributed by atoms with van der Waals surface area (Å²) in [5.41, 5.74) is 0.898. The summed E-state index contributed by atoms with van der Waals surface area (Å²) in [6.07, 6.45) is 0. The number of nitrogens with zero attached hydrogens (tertiary/aromatic N) is 1. The Kier molecular flexibility index (Phi) is 6.38. The molecule has 0 aliphatic carbocycles. The zero-order chi connectivity index (χ0) is 16.2. The third-order valence-electron chi connectivity index (χ3n) is 3.82. The second-order valence-electron chi connectivity index (χ2n) is 5.94. The summed E-state index contributed by atoms with van der Waals surface area (Å²) in [6, 6.07) is 7.56. The van der Waals surface area contributed by atoms with Gasteiger partial charge in [-0.1, -0.05) is 39.0 Å². The van der Waals surface area contributed by atoms with Crippen molar-refractivity contribution in [2.24, 2.45) is 5.92 Å². The molecule has 1 aromatic carbocycles. The molecule has 0 amide bonds. The minimum atomic E-state index is -3.43. The minimum absolute atomic E-state index is 0.149. The van der Waals surface area contributed by atoms with Crippen LogP contribution in [0.25, 0.3) is 0 Å². The zero-order valence-electron chi connectivity index (χ0n) is 13.9. The Balaban J connectivity index is 3.41. The number of sulfonamides is 1. The standard InChI is InChI=1S/C16H28N2O2S/c1-7-17-13(4)16(12(2)3)14-10-8-9-11-15(14)21(19,20)18(5)6/h8-13,16-17H,7H2,1-6H3. The van der Waals surface area contributed by atoms with Crippen molar-refractivity contribution < 1.29 is 8.42 Å². The molecule has 1 aromatic rings. The molecule has 21 heavy (non-hydrogen) atoms. The van der Waals surface area contributed by atoms with Crippen LogP contribution in [0.5, 0.6) is 0 Å². The lowest BCUT2D eigenvalue weighted by Gasteiger charge is -2.30. The highest BCUT2D eigenvalue weighted by molar-refractivity contribution is 7.89. The SMILES string of the molecule is CCNC(C)C(c1ccccc1S(=O)(=O)N(C)C)C(C)C. The summed E-state index contributed by atoms with van der Waals surface area (Å²) in [4.78, 5) is 0.415. The maximum absolute atomic E-state index is 12.6. The van der Waals surface area contributed by atoms with E-state index in [1.54, 1.807) is 26.2 Å². The van der Waals surface area contributed by atoms with Crippen LogP contribution in [0, 0.1) is 5.92 Å². The topological polar surface area (TPSA) is 49.4 Å². The van der Waals surface area contributed by atoms with Gasteiger partial charge in [0.1, 0.15) is 0 Å². The van der Waals surface area contributed by atoms with Crippen molar-refractivity contribution >= 4 is 10.0 Å². The summed E-state index contributed by atoms with van der Waals surface area (Å²) >= 11 is 0. The van der Waals surface area contributed by atoms with Crippen molar-refractivity contribution in [3.63, 3.8) is 0 Å². The number of hydrogen-bond donors (Lipinski definition) is 1. The lowest BCUT2D eigenvalue weighted by atomic mass is 9.83. The van der Waals surface area contributed by atoms with Crippen molar-refractivity contribution in [3.8, 4) is 0 Å². The van der Waals surface area contributed by atoms with Crippen LogP contribution in [0.2, 0.25) is 0 Å². The van der Waals surface area contributed by atoms with E-state index in [1.807, 2.05) is 12.1 Å². The van der Waals surface area contributed by atoms with Gasteiger partial charge in [-0.3, -0.25) is 0 Å². The van der Waals surface area contributed by atoms with Crippen molar-refractivity contribution in [1.29, 1.82) is 0 Å². The van der Waals surface area contributed by atoms with E-state index >= 15 is 0 Å². The molecular formula is C16H28N2O2S. The maximum atomic E-state index is 12.6. The Labute approximate surface area is 129 Å².